The summed E-state index contributed by atoms with van der Waals surface area (Å²) in [6.45, 7) is 33.1. The predicted octanol–water partition coefficient (Wildman–Crippen LogP) is 23.5. The maximum Gasteiger partial charge on any atom is 0.481 e. The molecule has 119 heavy (non-hydrogen) atoms. The van der Waals surface area contributed by atoms with Gasteiger partial charge in [0, 0.05) is 86.3 Å². The Kier molecular flexibility index (Phi) is 25.1. The number of halogens is 12. The smallest absolute Gasteiger partial charge is 0.456 e. The Balaban J connectivity index is 1.25. The normalized spacial score (nSPS) is 13.3. The van der Waals surface area contributed by atoms with Gasteiger partial charge in [0.05, 0.1) is 33.4 Å². The van der Waals surface area contributed by atoms with Gasteiger partial charge in [0.1, 0.15) is 51.9 Å². The largest absolute Gasteiger partial charge is 0.481 e. The van der Waals surface area contributed by atoms with Gasteiger partial charge < -0.3 is 30.2 Å². The van der Waals surface area contributed by atoms with Crippen molar-refractivity contribution in [2.75, 3.05) is 16.0 Å². The van der Waals surface area contributed by atoms with Gasteiger partial charge in [0.2, 0.25) is 0 Å². The predicted molar refractivity (Wildman–Crippen MR) is 425 cm³/mol. The van der Waals surface area contributed by atoms with Crippen LogP contribution >= 0.6 is 7.82 Å². The van der Waals surface area contributed by atoms with Gasteiger partial charge in [0.25, 0.3) is 34.4 Å². The van der Waals surface area contributed by atoms with Crippen molar-refractivity contribution in [1.82, 2.24) is 13.7 Å². The van der Waals surface area contributed by atoms with E-state index in [0.717, 1.165) is 123 Å². The Bertz CT molecular complexity index is 5070. The van der Waals surface area contributed by atoms with Gasteiger partial charge in [-0.2, -0.15) is 39.5 Å². The van der Waals surface area contributed by atoms with Crippen molar-refractivity contribution in [2.24, 2.45) is 32.5 Å². The molecule has 0 unspecified atom stereocenters. The number of alkyl halides is 9. The summed E-state index contributed by atoms with van der Waals surface area (Å²) < 4.78 is 233. The number of ether oxygens (including phenoxy) is 3. The summed E-state index contributed by atoms with van der Waals surface area (Å²) in [6, 6.07) is 22.1. The van der Waals surface area contributed by atoms with E-state index < -0.39 is 178 Å². The van der Waals surface area contributed by atoms with Crippen molar-refractivity contribution in [3.8, 4) is 34.5 Å². The van der Waals surface area contributed by atoms with Crippen molar-refractivity contribution < 1.29 is 99.4 Å². The summed E-state index contributed by atoms with van der Waals surface area (Å²) in [5.41, 5.74) is -25.3. The number of nitrogens with one attached hydrogen (secondary N) is 3. The fourth-order valence-corrected chi connectivity index (χ4v) is 18.5. The number of pyridine rings is 3. The first-order valence-corrected chi connectivity index (χ1v) is 38.7. The zero-order valence-corrected chi connectivity index (χ0v) is 70.1. The van der Waals surface area contributed by atoms with E-state index in [1.807, 2.05) is 0 Å². The zero-order valence-electron chi connectivity index (χ0n) is 69.2. The van der Waals surface area contributed by atoms with E-state index in [4.69, 9.17) is 27.8 Å². The molecule has 638 valence electrons. The van der Waals surface area contributed by atoms with Crippen molar-refractivity contribution in [1.29, 1.82) is 0 Å². The molecule has 0 saturated carbocycles. The highest BCUT2D eigenvalue weighted by Crippen LogP contribution is 2.72. The van der Waals surface area contributed by atoms with Crippen LogP contribution in [-0.4, -0.2) is 31.4 Å². The SMILES string of the molecule is Cc1cc(F)ccc1Oc1cc(C(F)(F)F)ccc1C(=O)Nc1ccn(C(OP(=O)(OC(n2ccc(NC(=O)c3ccc(C(F)(F)F)cc3Oc3ccc(F)cc3C)cc2=O)(C(C)(C)C)C(C)(C)C)OC(n2ccc(NC(=O)c3ccc(C(F)(F)F)cc3Oc3ccc(F)cc3C)cc2=O)(C(C)(C)C)C(C)(C)C)(C(C)(C)C)C(C)(C)C)c(=O)c1. The van der Waals surface area contributed by atoms with Crippen molar-refractivity contribution in [3.63, 3.8) is 0 Å². The van der Waals surface area contributed by atoms with Crippen LogP contribution in [0.15, 0.2) is 179 Å². The van der Waals surface area contributed by atoms with Crippen LogP contribution in [0.2, 0.25) is 0 Å². The number of hydrogen-bond donors (Lipinski definition) is 3. The maximum atomic E-state index is 18.5. The topological polar surface area (TPSA) is 226 Å². The van der Waals surface area contributed by atoms with Crippen LogP contribution in [0.3, 0.4) is 0 Å². The van der Waals surface area contributed by atoms with Crippen LogP contribution in [0.5, 0.6) is 34.5 Å². The van der Waals surface area contributed by atoms with Crippen molar-refractivity contribution >= 4 is 42.6 Å². The summed E-state index contributed by atoms with van der Waals surface area (Å²) in [6.07, 6.45) is -11.3. The van der Waals surface area contributed by atoms with E-state index in [9.17, 15) is 67.1 Å². The fraction of sp³-hybridized carbons (Fsp3) is 0.379. The number of nitrogens with zero attached hydrogens (tertiary/aromatic N) is 3. The average Bonchev–Trinajstić information content (AvgIpc) is 0.692. The first-order chi connectivity index (χ1) is 54.4. The van der Waals surface area contributed by atoms with E-state index in [1.54, 1.807) is 125 Å². The maximum absolute atomic E-state index is 18.5. The summed E-state index contributed by atoms with van der Waals surface area (Å²) >= 11 is 0. The van der Waals surface area contributed by atoms with E-state index in [-0.39, 0.29) is 51.0 Å². The molecule has 3 aromatic heterocycles. The number of aryl methyl sites for hydroxylation is 3. The lowest BCUT2D eigenvalue weighted by molar-refractivity contribution is -0.263. The number of phosphoric acid groups is 1. The summed E-state index contributed by atoms with van der Waals surface area (Å²) in [5.74, 6) is -7.54. The number of hydrogen-bond acceptors (Lipinski definition) is 13. The quantitative estimate of drug-likeness (QED) is 0.0450. The molecule has 0 spiro atoms. The molecule has 32 heteroatoms. The van der Waals surface area contributed by atoms with Gasteiger partial charge in [-0.25, -0.2) is 17.7 Å². The molecule has 0 atom stereocenters. The number of aromatic nitrogens is 3. The van der Waals surface area contributed by atoms with Crippen molar-refractivity contribution in [2.45, 2.75) is 181 Å². The van der Waals surface area contributed by atoms with Crippen LogP contribution in [0.25, 0.3) is 0 Å². The van der Waals surface area contributed by atoms with E-state index in [2.05, 4.69) is 16.0 Å². The molecule has 3 heterocycles. The minimum absolute atomic E-state index is 0.109. The molecule has 6 aromatic carbocycles. The lowest BCUT2D eigenvalue weighted by Gasteiger charge is -2.59. The first-order valence-electron chi connectivity index (χ1n) is 37.2. The van der Waals surface area contributed by atoms with Gasteiger partial charge in [-0.1, -0.05) is 125 Å². The number of carbonyl (C=O) groups is 3. The molecule has 0 radical (unpaired) electrons. The number of rotatable bonds is 21. The number of phosphoric ester groups is 1. The van der Waals surface area contributed by atoms with E-state index in [1.165, 1.54) is 39.0 Å². The number of amides is 3. The van der Waals surface area contributed by atoms with Crippen LogP contribution in [0, 0.1) is 70.7 Å². The molecule has 0 fully saturated rings. The number of carbonyl (C=O) groups excluding carboxylic acids is 3. The molecule has 0 aliphatic heterocycles. The third-order valence-electron chi connectivity index (χ3n) is 20.1. The molecule has 3 N–H and O–H groups in total. The fourth-order valence-electron chi connectivity index (χ4n) is 15.5. The highest BCUT2D eigenvalue weighted by atomic mass is 31.2. The molecule has 0 saturated heterocycles. The second-order valence-electron chi connectivity index (χ2n) is 35.0. The number of benzene rings is 6. The highest BCUT2D eigenvalue weighted by Gasteiger charge is 2.68. The van der Waals surface area contributed by atoms with Crippen LogP contribution in [0.1, 0.15) is 189 Å². The Labute approximate surface area is 679 Å². The Morgan fingerprint density at radius 3 is 0.714 bits per heavy atom. The molecule has 3 amide bonds. The standard InChI is InChI=1S/C87H93F12N6O13P/c1-49-40-55(88)25-31-64(49)113-67-43-52(82(91,92)93)22-28-61(67)73(109)100-58-34-37-103(70(106)46-58)85(76(4,5)6,77(7,8)9)116-119(112,117-86(78(10,11)12,79(13,14)15)104-38-35-59(47-71(104)107)101-74(110)62-29-23-53(83(94,95)96)44-68(62)114-65-32-26-56(89)41-50(65)2)118-87(80(16,17)18,81(19,20)21)105-39-36-60(48-72(105)108)102-75(111)63-30-24-54(84(97,98)99)45-69(63)115-66-33-27-57(90)42-51(66)3/h22-48H,1-21H3,(H,100,109)(H,101,110)(H,102,111). The molecule has 19 nitrogen and oxygen atoms in total. The molecule has 0 bridgehead atoms. The lowest BCUT2D eigenvalue weighted by Crippen LogP contribution is -2.63. The molecular weight excluding hydrogens is 1600 g/mol. The molecule has 0 aliphatic rings. The van der Waals surface area contributed by atoms with E-state index in [0.29, 0.717) is 36.4 Å². The molecule has 9 rings (SSSR count). The second kappa shape index (κ2) is 32.4. The molecule has 9 aromatic rings. The third kappa shape index (κ3) is 19.0. The average molecular weight is 1690 g/mol. The van der Waals surface area contributed by atoms with Gasteiger partial charge in [-0.3, -0.25) is 56.0 Å². The first kappa shape index (κ1) is 92.1. The summed E-state index contributed by atoms with van der Waals surface area (Å²) in [7, 11) is -6.15. The minimum Gasteiger partial charge on any atom is -0.456 e. The highest BCUT2D eigenvalue weighted by molar-refractivity contribution is 7.48. The van der Waals surface area contributed by atoms with E-state index >= 15 is 18.9 Å². The number of anilines is 3. The minimum atomic E-state index is -6.15. The summed E-state index contributed by atoms with van der Waals surface area (Å²) in [4.78, 5) is 90.6. The molecular formula is C87H93F12N6O13P. The van der Waals surface area contributed by atoms with Gasteiger partial charge in [-0.05, 0) is 165 Å². The van der Waals surface area contributed by atoms with Gasteiger partial charge >= 0.3 is 26.4 Å². The third-order valence-corrected chi connectivity index (χ3v) is 21.6. The van der Waals surface area contributed by atoms with Crippen LogP contribution < -0.4 is 46.8 Å². The Morgan fingerprint density at radius 1 is 0.311 bits per heavy atom. The Hall–Kier alpha value is -10.8. The second-order valence-corrected chi connectivity index (χ2v) is 36.5. The zero-order chi connectivity index (χ0) is 89.3. The monoisotopic (exact) mass is 1690 g/mol. The van der Waals surface area contributed by atoms with Crippen LogP contribution in [-0.2, 0) is 53.8 Å². The lowest BCUT2D eigenvalue weighted by atomic mass is 9.68. The van der Waals surface area contributed by atoms with Crippen molar-refractivity contribution in [3.05, 3.63) is 263 Å². The Morgan fingerprint density at radius 2 is 0.529 bits per heavy atom. The van der Waals surface area contributed by atoms with Gasteiger partial charge in [0.15, 0.2) is 17.2 Å². The molecule has 0 aliphatic carbocycles. The summed E-state index contributed by atoms with van der Waals surface area (Å²) in [5, 5.41) is 7.62. The van der Waals surface area contributed by atoms with Gasteiger partial charge in [-0.15, -0.1) is 0 Å². The van der Waals surface area contributed by atoms with Crippen LogP contribution in [0.4, 0.5) is 69.7 Å².